The van der Waals surface area contributed by atoms with Gasteiger partial charge in [-0.15, -0.1) is 0 Å². The van der Waals surface area contributed by atoms with Gasteiger partial charge in [0.15, 0.2) is 17.3 Å². The van der Waals surface area contributed by atoms with Gasteiger partial charge in [-0.25, -0.2) is 0 Å². The Balaban J connectivity index is 1.27. The van der Waals surface area contributed by atoms with E-state index in [1.54, 1.807) is 4.90 Å². The van der Waals surface area contributed by atoms with Crippen LogP contribution in [-0.2, 0) is 4.79 Å². The Morgan fingerprint density at radius 2 is 1.97 bits per heavy atom. The lowest BCUT2D eigenvalue weighted by atomic mass is 10.1. The van der Waals surface area contributed by atoms with Crippen LogP contribution in [0.5, 0.6) is 11.5 Å². The second-order valence-corrected chi connectivity index (χ2v) is 7.44. The lowest BCUT2D eigenvalue weighted by Gasteiger charge is -2.22. The van der Waals surface area contributed by atoms with Gasteiger partial charge in [-0.3, -0.25) is 4.79 Å². The Hall–Kier alpha value is -3.81. The molecule has 2 aliphatic rings. The average Bonchev–Trinajstić information content (AvgIpc) is 3.52. The molecule has 0 radical (unpaired) electrons. The highest BCUT2D eigenvalue weighted by molar-refractivity contribution is 5.97. The number of anilines is 1. The van der Waals surface area contributed by atoms with Crippen molar-refractivity contribution >= 4 is 22.5 Å². The number of aromatic amines is 1. The number of nitrogens with zero attached hydrogens (tertiary/aromatic N) is 3. The molecule has 150 valence electrons. The molecule has 1 atom stereocenters. The molecule has 4 heterocycles. The molecule has 30 heavy (non-hydrogen) atoms. The number of aromatic nitrogens is 3. The molecule has 2 aliphatic heterocycles. The van der Waals surface area contributed by atoms with Crippen LogP contribution in [0.15, 0.2) is 53.2 Å². The molecule has 1 amide bonds. The van der Waals surface area contributed by atoms with Crippen LogP contribution in [0.25, 0.3) is 22.4 Å². The summed E-state index contributed by atoms with van der Waals surface area (Å²) in [5.74, 6) is 2.27. The maximum atomic E-state index is 12.7. The number of ether oxygens (including phenoxy) is 2. The minimum absolute atomic E-state index is 0.0239. The molecule has 1 saturated heterocycles. The number of benzene rings is 2. The van der Waals surface area contributed by atoms with Gasteiger partial charge in [0.1, 0.15) is 13.2 Å². The van der Waals surface area contributed by atoms with Crippen molar-refractivity contribution in [3.63, 3.8) is 0 Å². The summed E-state index contributed by atoms with van der Waals surface area (Å²) < 4.78 is 16.8. The van der Waals surface area contributed by atoms with Crippen molar-refractivity contribution in [3.8, 4) is 23.0 Å². The average molecular weight is 402 g/mol. The second kappa shape index (κ2) is 6.62. The van der Waals surface area contributed by atoms with Gasteiger partial charge in [0.25, 0.3) is 5.89 Å². The zero-order chi connectivity index (χ0) is 20.1. The monoisotopic (exact) mass is 402 g/mol. The molecular weight excluding hydrogens is 384 g/mol. The van der Waals surface area contributed by atoms with E-state index in [1.165, 1.54) is 0 Å². The molecule has 2 aromatic heterocycles. The van der Waals surface area contributed by atoms with Gasteiger partial charge in [-0.2, -0.15) is 4.98 Å². The Labute approximate surface area is 171 Å². The molecule has 0 aliphatic carbocycles. The van der Waals surface area contributed by atoms with E-state index in [-0.39, 0.29) is 11.8 Å². The van der Waals surface area contributed by atoms with Crippen molar-refractivity contribution in [2.45, 2.75) is 12.3 Å². The van der Waals surface area contributed by atoms with E-state index >= 15 is 0 Å². The van der Waals surface area contributed by atoms with Gasteiger partial charge in [0, 0.05) is 53.3 Å². The van der Waals surface area contributed by atoms with Crippen LogP contribution in [0.2, 0.25) is 0 Å². The summed E-state index contributed by atoms with van der Waals surface area (Å²) in [7, 11) is 0. The number of nitrogens with one attached hydrogen (secondary N) is 1. The number of hydrogen-bond acceptors (Lipinski definition) is 6. The zero-order valence-electron chi connectivity index (χ0n) is 16.0. The summed E-state index contributed by atoms with van der Waals surface area (Å²) in [6.45, 7) is 1.53. The lowest BCUT2D eigenvalue weighted by Crippen LogP contribution is -2.25. The molecule has 8 heteroatoms. The van der Waals surface area contributed by atoms with Crippen molar-refractivity contribution in [2.24, 2.45) is 0 Å². The molecule has 1 fully saturated rings. The Bertz CT molecular complexity index is 1260. The fourth-order valence-corrected chi connectivity index (χ4v) is 4.11. The summed E-state index contributed by atoms with van der Waals surface area (Å²) in [5, 5.41) is 5.20. The quantitative estimate of drug-likeness (QED) is 0.564. The number of amides is 1. The largest absolute Gasteiger partial charge is 0.486 e. The van der Waals surface area contributed by atoms with Gasteiger partial charge in [-0.05, 0) is 30.3 Å². The SMILES string of the molecule is O=C1CC(c2noc(-c3cccc4[nH]ccc34)n2)CN1c1ccc2c(c1)OCCO2. The lowest BCUT2D eigenvalue weighted by molar-refractivity contribution is -0.117. The van der Waals surface area contributed by atoms with Crippen molar-refractivity contribution in [1.29, 1.82) is 0 Å². The smallest absolute Gasteiger partial charge is 0.258 e. The van der Waals surface area contributed by atoms with Crippen LogP contribution in [-0.4, -0.2) is 40.8 Å². The van der Waals surface area contributed by atoms with Crippen LogP contribution in [0.3, 0.4) is 0 Å². The van der Waals surface area contributed by atoms with Gasteiger partial charge in [0.05, 0.1) is 0 Å². The van der Waals surface area contributed by atoms with E-state index in [9.17, 15) is 4.79 Å². The minimum atomic E-state index is -0.131. The number of carbonyl (C=O) groups is 1. The Kier molecular flexibility index (Phi) is 3.77. The molecule has 1 unspecified atom stereocenters. The Morgan fingerprint density at radius 1 is 1.07 bits per heavy atom. The van der Waals surface area contributed by atoms with E-state index < -0.39 is 0 Å². The first kappa shape index (κ1) is 17.1. The fraction of sp³-hybridized carbons (Fsp3) is 0.227. The number of fused-ring (bicyclic) bond motifs is 2. The second-order valence-electron chi connectivity index (χ2n) is 7.44. The third-order valence-electron chi connectivity index (χ3n) is 5.59. The maximum Gasteiger partial charge on any atom is 0.258 e. The number of hydrogen-bond donors (Lipinski definition) is 1. The van der Waals surface area contributed by atoms with E-state index in [4.69, 9.17) is 14.0 Å². The third kappa shape index (κ3) is 2.72. The molecule has 6 rings (SSSR count). The molecule has 0 bridgehead atoms. The van der Waals surface area contributed by atoms with E-state index in [1.807, 2.05) is 48.7 Å². The van der Waals surface area contributed by atoms with Gasteiger partial charge < -0.3 is 23.9 Å². The number of carbonyl (C=O) groups excluding carboxylic acids is 1. The number of rotatable bonds is 3. The molecule has 0 saturated carbocycles. The topological polar surface area (TPSA) is 93.5 Å². The van der Waals surface area contributed by atoms with Gasteiger partial charge >= 0.3 is 0 Å². The van der Waals surface area contributed by atoms with E-state index in [0.717, 1.165) is 22.2 Å². The predicted molar refractivity (Wildman–Crippen MR) is 109 cm³/mol. The van der Waals surface area contributed by atoms with Crippen LogP contribution in [0, 0.1) is 0 Å². The van der Waals surface area contributed by atoms with Crippen molar-refractivity contribution in [2.75, 3.05) is 24.7 Å². The predicted octanol–water partition coefficient (Wildman–Crippen LogP) is 3.51. The molecule has 8 nitrogen and oxygen atoms in total. The van der Waals surface area contributed by atoms with Crippen molar-refractivity contribution in [1.82, 2.24) is 15.1 Å². The van der Waals surface area contributed by atoms with Crippen molar-refractivity contribution < 1.29 is 18.8 Å². The molecular formula is C22H18N4O4. The summed E-state index contributed by atoms with van der Waals surface area (Å²) in [6, 6.07) is 13.4. The highest BCUT2D eigenvalue weighted by Crippen LogP contribution is 2.38. The molecule has 2 aromatic carbocycles. The molecule has 0 spiro atoms. The maximum absolute atomic E-state index is 12.7. The number of H-pyrrole nitrogens is 1. The van der Waals surface area contributed by atoms with Crippen LogP contribution in [0.1, 0.15) is 18.2 Å². The van der Waals surface area contributed by atoms with Crippen molar-refractivity contribution in [3.05, 3.63) is 54.5 Å². The van der Waals surface area contributed by atoms with Crippen LogP contribution >= 0.6 is 0 Å². The summed E-state index contributed by atoms with van der Waals surface area (Å²) in [4.78, 5) is 22.2. The summed E-state index contributed by atoms with van der Waals surface area (Å²) in [5.41, 5.74) is 2.67. The van der Waals surface area contributed by atoms with Crippen LogP contribution in [0.4, 0.5) is 5.69 Å². The zero-order valence-corrected chi connectivity index (χ0v) is 16.0. The van der Waals surface area contributed by atoms with Gasteiger partial charge in [-0.1, -0.05) is 11.2 Å². The summed E-state index contributed by atoms with van der Waals surface area (Å²) in [6.07, 6.45) is 2.22. The highest BCUT2D eigenvalue weighted by Gasteiger charge is 2.35. The van der Waals surface area contributed by atoms with E-state index in [2.05, 4.69) is 15.1 Å². The Morgan fingerprint density at radius 3 is 2.90 bits per heavy atom. The third-order valence-corrected chi connectivity index (χ3v) is 5.59. The highest BCUT2D eigenvalue weighted by atomic mass is 16.6. The molecule has 1 N–H and O–H groups in total. The van der Waals surface area contributed by atoms with Gasteiger partial charge in [0.2, 0.25) is 5.91 Å². The normalized spacial score (nSPS) is 18.3. The standard InChI is InChI=1S/C22H18N4O4/c27-20-10-13(12-26(20)14-4-5-18-19(11-14)29-9-8-28-18)21-24-22(30-25-21)16-2-1-3-17-15(16)6-7-23-17/h1-7,11,13,23H,8-10,12H2. The van der Waals surface area contributed by atoms with Crippen LogP contribution < -0.4 is 14.4 Å². The first-order valence-electron chi connectivity index (χ1n) is 9.86. The fourth-order valence-electron chi connectivity index (χ4n) is 4.11. The minimum Gasteiger partial charge on any atom is -0.486 e. The van der Waals surface area contributed by atoms with E-state index in [0.29, 0.717) is 49.4 Å². The summed E-state index contributed by atoms with van der Waals surface area (Å²) >= 11 is 0. The first-order chi connectivity index (χ1) is 14.8. The first-order valence-corrected chi connectivity index (χ1v) is 9.86. The molecule has 4 aromatic rings.